The number of hydrogen-bond donors (Lipinski definition) is 2. The molecule has 0 fully saturated rings. The normalized spacial score (nSPS) is 12.6. The lowest BCUT2D eigenvalue weighted by Crippen LogP contribution is -2.23. The van der Waals surface area contributed by atoms with Gasteiger partial charge in [-0.3, -0.25) is 0 Å². The van der Waals surface area contributed by atoms with Gasteiger partial charge in [0, 0.05) is 24.8 Å². The van der Waals surface area contributed by atoms with Crippen LogP contribution in [0.3, 0.4) is 0 Å². The molecular formula is C14H22FNO2. The molecule has 0 saturated carbocycles. The fourth-order valence-corrected chi connectivity index (χ4v) is 1.68. The molecule has 0 aliphatic rings. The second-order valence-corrected chi connectivity index (χ2v) is 4.34. The number of phenolic OH excluding ortho intramolecular Hbond substituents is 1. The maximum atomic E-state index is 13.1. The van der Waals surface area contributed by atoms with E-state index >= 15 is 0 Å². The molecule has 0 bridgehead atoms. The van der Waals surface area contributed by atoms with Gasteiger partial charge in [-0.05, 0) is 31.5 Å². The van der Waals surface area contributed by atoms with Crippen LogP contribution in [0.5, 0.6) is 5.75 Å². The molecule has 0 amide bonds. The smallest absolute Gasteiger partial charge is 0.123 e. The van der Waals surface area contributed by atoms with Gasteiger partial charge in [-0.15, -0.1) is 0 Å². The van der Waals surface area contributed by atoms with E-state index in [1.54, 1.807) is 0 Å². The van der Waals surface area contributed by atoms with Gasteiger partial charge in [-0.25, -0.2) is 4.39 Å². The van der Waals surface area contributed by atoms with Crippen LogP contribution in [-0.2, 0) is 4.74 Å². The Morgan fingerprint density at radius 1 is 1.39 bits per heavy atom. The maximum absolute atomic E-state index is 13.1. The number of nitrogens with one attached hydrogen (secondary N) is 1. The molecule has 0 aliphatic heterocycles. The molecular weight excluding hydrogens is 233 g/mol. The first kappa shape index (κ1) is 14.9. The summed E-state index contributed by atoms with van der Waals surface area (Å²) in [6.07, 6.45) is 2.20. The van der Waals surface area contributed by atoms with Gasteiger partial charge in [-0.1, -0.05) is 13.3 Å². The Kier molecular flexibility index (Phi) is 6.68. The summed E-state index contributed by atoms with van der Waals surface area (Å²) < 4.78 is 18.5. The van der Waals surface area contributed by atoms with Crippen LogP contribution in [0.1, 0.15) is 38.3 Å². The van der Waals surface area contributed by atoms with Crippen LogP contribution in [0.15, 0.2) is 18.2 Å². The minimum atomic E-state index is -0.337. The molecule has 1 atom stereocenters. The lowest BCUT2D eigenvalue weighted by atomic mass is 10.1. The highest BCUT2D eigenvalue weighted by molar-refractivity contribution is 5.34. The monoisotopic (exact) mass is 255 g/mol. The molecule has 1 rings (SSSR count). The number of aromatic hydroxyl groups is 1. The van der Waals surface area contributed by atoms with Crippen LogP contribution in [0, 0.1) is 5.82 Å². The van der Waals surface area contributed by atoms with Crippen molar-refractivity contribution in [2.45, 2.75) is 32.7 Å². The van der Waals surface area contributed by atoms with Crippen molar-refractivity contribution in [3.63, 3.8) is 0 Å². The van der Waals surface area contributed by atoms with E-state index < -0.39 is 0 Å². The van der Waals surface area contributed by atoms with Gasteiger partial charge in [0.25, 0.3) is 0 Å². The Balaban J connectivity index is 2.31. The summed E-state index contributed by atoms with van der Waals surface area (Å²) in [4.78, 5) is 0. The van der Waals surface area contributed by atoms with Gasteiger partial charge in [0.1, 0.15) is 11.6 Å². The first-order chi connectivity index (χ1) is 8.65. The molecule has 0 aliphatic carbocycles. The minimum Gasteiger partial charge on any atom is -0.508 e. The Morgan fingerprint density at radius 2 is 2.17 bits per heavy atom. The van der Waals surface area contributed by atoms with Crippen molar-refractivity contribution >= 4 is 0 Å². The van der Waals surface area contributed by atoms with Crippen molar-refractivity contribution < 1.29 is 14.2 Å². The third kappa shape index (κ3) is 5.02. The Bertz CT molecular complexity index is 358. The van der Waals surface area contributed by atoms with Crippen LogP contribution in [0.25, 0.3) is 0 Å². The predicted molar refractivity (Wildman–Crippen MR) is 70.2 cm³/mol. The van der Waals surface area contributed by atoms with Crippen molar-refractivity contribution in [3.05, 3.63) is 29.6 Å². The fraction of sp³-hybridized carbons (Fsp3) is 0.571. The van der Waals surface area contributed by atoms with E-state index in [0.717, 1.165) is 19.4 Å². The first-order valence-electron chi connectivity index (χ1n) is 6.44. The highest BCUT2D eigenvalue weighted by atomic mass is 19.1. The molecule has 4 heteroatoms. The van der Waals surface area contributed by atoms with Crippen molar-refractivity contribution in [1.29, 1.82) is 0 Å². The van der Waals surface area contributed by atoms with E-state index in [1.807, 2.05) is 6.92 Å². The lowest BCUT2D eigenvalue weighted by Gasteiger charge is -2.15. The topological polar surface area (TPSA) is 41.5 Å². The zero-order valence-electron chi connectivity index (χ0n) is 11.1. The van der Waals surface area contributed by atoms with Crippen LogP contribution in [0.2, 0.25) is 0 Å². The van der Waals surface area contributed by atoms with Crippen LogP contribution < -0.4 is 5.32 Å². The van der Waals surface area contributed by atoms with Crippen molar-refractivity contribution in [3.8, 4) is 5.75 Å². The summed E-state index contributed by atoms with van der Waals surface area (Å²) in [5.74, 6) is -0.223. The number of rotatable bonds is 8. The van der Waals surface area contributed by atoms with Gasteiger partial charge in [0.15, 0.2) is 0 Å². The van der Waals surface area contributed by atoms with Crippen LogP contribution in [-0.4, -0.2) is 24.9 Å². The van der Waals surface area contributed by atoms with E-state index in [4.69, 9.17) is 4.74 Å². The Labute approximate surface area is 108 Å². The number of benzene rings is 1. The number of unbranched alkanes of at least 4 members (excludes halogenated alkanes) is 1. The zero-order chi connectivity index (χ0) is 13.4. The van der Waals surface area contributed by atoms with Crippen molar-refractivity contribution in [2.75, 3.05) is 19.8 Å². The average Bonchev–Trinajstić information content (AvgIpc) is 2.36. The number of halogens is 1. The first-order valence-corrected chi connectivity index (χ1v) is 6.44. The maximum Gasteiger partial charge on any atom is 0.123 e. The summed E-state index contributed by atoms with van der Waals surface area (Å²) in [7, 11) is 0. The van der Waals surface area contributed by atoms with Gasteiger partial charge in [0.2, 0.25) is 0 Å². The molecule has 1 aromatic carbocycles. The molecule has 0 spiro atoms. The lowest BCUT2D eigenvalue weighted by molar-refractivity contribution is 0.131. The van der Waals surface area contributed by atoms with Crippen molar-refractivity contribution in [2.24, 2.45) is 0 Å². The van der Waals surface area contributed by atoms with Gasteiger partial charge < -0.3 is 15.2 Å². The summed E-state index contributed by atoms with van der Waals surface area (Å²) in [5, 5.41) is 12.8. The zero-order valence-corrected chi connectivity index (χ0v) is 11.1. The quantitative estimate of drug-likeness (QED) is 0.702. The molecule has 3 nitrogen and oxygen atoms in total. The number of ether oxygens (including phenoxy) is 1. The van der Waals surface area contributed by atoms with E-state index in [2.05, 4.69) is 12.2 Å². The number of phenols is 1. The van der Waals surface area contributed by atoms with Gasteiger partial charge in [-0.2, -0.15) is 0 Å². The molecule has 1 aromatic rings. The highest BCUT2D eigenvalue weighted by Crippen LogP contribution is 2.24. The molecule has 1 unspecified atom stereocenters. The third-order valence-electron chi connectivity index (χ3n) is 2.80. The predicted octanol–water partition coefficient (Wildman–Crippen LogP) is 3.00. The highest BCUT2D eigenvalue weighted by Gasteiger charge is 2.10. The van der Waals surface area contributed by atoms with Gasteiger partial charge in [0.05, 0.1) is 6.61 Å². The largest absolute Gasteiger partial charge is 0.508 e. The SMILES string of the molecule is CCCCOCCNC(C)c1cc(F)ccc1O. The van der Waals surface area contributed by atoms with Crippen molar-refractivity contribution in [1.82, 2.24) is 5.32 Å². The van der Waals surface area contributed by atoms with E-state index in [1.165, 1.54) is 18.2 Å². The Morgan fingerprint density at radius 3 is 2.89 bits per heavy atom. The summed E-state index contributed by atoms with van der Waals surface area (Å²) in [6, 6.07) is 3.88. The van der Waals surface area contributed by atoms with Gasteiger partial charge >= 0.3 is 0 Å². The van der Waals surface area contributed by atoms with E-state index in [0.29, 0.717) is 18.7 Å². The van der Waals surface area contributed by atoms with Crippen LogP contribution >= 0.6 is 0 Å². The molecule has 2 N–H and O–H groups in total. The standard InChI is InChI=1S/C14H22FNO2/c1-3-4-8-18-9-7-16-11(2)13-10-12(15)5-6-14(13)17/h5-6,10-11,16-17H,3-4,7-9H2,1-2H3. The number of hydrogen-bond acceptors (Lipinski definition) is 3. The summed E-state index contributed by atoms with van der Waals surface area (Å²) in [6.45, 7) is 6.09. The van der Waals surface area contributed by atoms with E-state index in [9.17, 15) is 9.50 Å². The molecule has 18 heavy (non-hydrogen) atoms. The summed E-state index contributed by atoms with van der Waals surface area (Å²) >= 11 is 0. The Hall–Kier alpha value is -1.13. The molecule has 0 aromatic heterocycles. The molecule has 0 radical (unpaired) electrons. The molecule has 0 saturated heterocycles. The fourth-order valence-electron chi connectivity index (χ4n) is 1.68. The third-order valence-corrected chi connectivity index (χ3v) is 2.80. The second kappa shape index (κ2) is 8.06. The van der Waals surface area contributed by atoms with E-state index in [-0.39, 0.29) is 17.6 Å². The molecule has 102 valence electrons. The average molecular weight is 255 g/mol. The minimum absolute atomic E-state index is 0.101. The second-order valence-electron chi connectivity index (χ2n) is 4.34. The van der Waals surface area contributed by atoms with Crippen LogP contribution in [0.4, 0.5) is 4.39 Å². The summed E-state index contributed by atoms with van der Waals surface area (Å²) in [5.41, 5.74) is 0.573. The molecule has 0 heterocycles.